The molecule has 84 heavy (non-hydrogen) atoms. The van der Waals surface area contributed by atoms with Crippen LogP contribution in [-0.4, -0.2) is 110 Å². The van der Waals surface area contributed by atoms with Gasteiger partial charge >= 0.3 is 0 Å². The van der Waals surface area contributed by atoms with Crippen molar-refractivity contribution in [2.24, 2.45) is 0 Å². The monoisotopic (exact) mass is 1190 g/mol. The van der Waals surface area contributed by atoms with Crippen molar-refractivity contribution in [2.45, 2.75) is 422 Å². The summed E-state index contributed by atoms with van der Waals surface area (Å²) in [5.41, 5.74) is 0. The number of nitrogens with one attached hydrogen (secondary N) is 1. The lowest BCUT2D eigenvalue weighted by atomic mass is 9.98. The quantitative estimate of drug-likeness (QED) is 0.0215. The van der Waals surface area contributed by atoms with E-state index in [2.05, 4.69) is 43.5 Å². The summed E-state index contributed by atoms with van der Waals surface area (Å²) in [6.07, 6.45) is 67.3. The van der Waals surface area contributed by atoms with E-state index in [0.717, 1.165) is 38.5 Å². The molecule has 0 radical (unpaired) electrons. The Kier molecular flexibility index (Phi) is 59.3. The summed E-state index contributed by atoms with van der Waals surface area (Å²) in [7, 11) is 0. The molecule has 9 unspecified atom stereocenters. The minimum atomic E-state index is -1.67. The molecule has 1 rings (SSSR count). The van der Waals surface area contributed by atoms with Crippen LogP contribution in [0.5, 0.6) is 0 Å². The fourth-order valence-electron chi connectivity index (χ4n) is 12.1. The van der Waals surface area contributed by atoms with E-state index in [4.69, 9.17) is 9.47 Å². The Labute approximate surface area is 518 Å². The summed E-state index contributed by atoms with van der Waals surface area (Å²) in [5, 5.41) is 76.4. The number of amides is 1. The normalized spacial score (nSPS) is 19.0. The summed E-state index contributed by atoms with van der Waals surface area (Å²) in [4.78, 5) is 13.2. The molecule has 1 aliphatic heterocycles. The molecule has 0 aromatic carbocycles. The Bertz CT molecular complexity index is 1420. The van der Waals surface area contributed by atoms with E-state index in [0.29, 0.717) is 19.3 Å². The van der Waals surface area contributed by atoms with Gasteiger partial charge in [0.1, 0.15) is 36.6 Å². The van der Waals surface area contributed by atoms with Crippen molar-refractivity contribution < 1.29 is 50.0 Å². The van der Waals surface area contributed by atoms with Crippen LogP contribution in [0, 0.1) is 0 Å². The Morgan fingerprint density at radius 3 is 1.06 bits per heavy atom. The maximum absolute atomic E-state index is 13.2. The molecule has 0 aromatic rings. The fourth-order valence-corrected chi connectivity index (χ4v) is 12.1. The minimum absolute atomic E-state index is 0.249. The van der Waals surface area contributed by atoms with Crippen LogP contribution in [0.3, 0.4) is 0 Å². The van der Waals surface area contributed by atoms with E-state index in [1.54, 1.807) is 0 Å². The first-order valence-electron chi connectivity index (χ1n) is 36.7. The number of hydrogen-bond acceptors (Lipinski definition) is 10. The zero-order valence-corrected chi connectivity index (χ0v) is 55.2. The van der Waals surface area contributed by atoms with Crippen molar-refractivity contribution >= 4 is 5.91 Å². The number of unbranched alkanes of at least 4 members (excludes halogenated alkanes) is 49. The maximum atomic E-state index is 13.2. The predicted molar refractivity (Wildman–Crippen MR) is 353 cm³/mol. The van der Waals surface area contributed by atoms with Gasteiger partial charge in [-0.2, -0.15) is 0 Å². The predicted octanol–water partition coefficient (Wildman–Crippen LogP) is 18.0. The third kappa shape index (κ3) is 48.5. The number of carbonyl (C=O) groups is 1. The lowest BCUT2D eigenvalue weighted by Gasteiger charge is -2.40. The number of rotatable bonds is 65. The molecule has 498 valence electrons. The number of aliphatic hydroxyl groups is 7. The van der Waals surface area contributed by atoms with Crippen molar-refractivity contribution in [1.82, 2.24) is 5.32 Å². The molecule has 0 bridgehead atoms. The number of aliphatic hydroxyl groups excluding tert-OH is 7. The van der Waals surface area contributed by atoms with Crippen LogP contribution in [0.25, 0.3) is 0 Å². The lowest BCUT2D eigenvalue weighted by molar-refractivity contribution is -0.303. The summed E-state index contributed by atoms with van der Waals surface area (Å²) < 4.78 is 11.2. The van der Waals surface area contributed by atoms with E-state index in [1.807, 2.05) is 0 Å². The zero-order valence-electron chi connectivity index (χ0n) is 55.2. The molecule has 11 heteroatoms. The largest absolute Gasteiger partial charge is 0.394 e. The molecule has 1 amide bonds. The smallest absolute Gasteiger partial charge is 0.249 e. The Morgan fingerprint density at radius 1 is 0.405 bits per heavy atom. The van der Waals surface area contributed by atoms with E-state index >= 15 is 0 Å². The minimum Gasteiger partial charge on any atom is -0.394 e. The summed E-state index contributed by atoms with van der Waals surface area (Å²) >= 11 is 0. The molecule has 1 fully saturated rings. The van der Waals surface area contributed by atoms with E-state index in [-0.39, 0.29) is 12.8 Å². The molecular formula is C73H141NO10. The van der Waals surface area contributed by atoms with Gasteiger partial charge in [-0.25, -0.2) is 0 Å². The van der Waals surface area contributed by atoms with Gasteiger partial charge in [-0.05, 0) is 51.4 Å². The molecule has 1 aliphatic rings. The second kappa shape index (κ2) is 61.8. The van der Waals surface area contributed by atoms with Gasteiger partial charge in [0.25, 0.3) is 0 Å². The molecule has 0 saturated carbocycles. The SMILES string of the molecule is CCCCCCCCCCCC/C=C/CC/C=C/CCCC(O)C(O)C(COC1OC(CO)C(O)C(O)C1O)NC(=O)C(O)CCCCCCCCCCCCCCCCCCCCCCCCCCCCCCCCCCCCCCCC. The summed E-state index contributed by atoms with van der Waals surface area (Å²) in [5.74, 6) is -0.703. The number of ether oxygens (including phenoxy) is 2. The topological polar surface area (TPSA) is 189 Å². The van der Waals surface area contributed by atoms with Crippen molar-refractivity contribution in [1.29, 1.82) is 0 Å². The molecular weight excluding hydrogens is 1050 g/mol. The first-order valence-corrected chi connectivity index (χ1v) is 36.7. The second-order valence-corrected chi connectivity index (χ2v) is 26.0. The average Bonchev–Trinajstić information content (AvgIpc) is 3.66. The summed E-state index contributed by atoms with van der Waals surface area (Å²) in [6.45, 7) is 3.49. The average molecular weight is 1190 g/mol. The van der Waals surface area contributed by atoms with Gasteiger partial charge in [-0.1, -0.05) is 340 Å². The van der Waals surface area contributed by atoms with Crippen LogP contribution >= 0.6 is 0 Å². The molecule has 9 atom stereocenters. The third-order valence-corrected chi connectivity index (χ3v) is 18.0. The highest BCUT2D eigenvalue weighted by atomic mass is 16.7. The second-order valence-electron chi connectivity index (χ2n) is 26.0. The van der Waals surface area contributed by atoms with Crippen LogP contribution in [0.1, 0.15) is 367 Å². The van der Waals surface area contributed by atoms with Crippen molar-refractivity contribution in [3.63, 3.8) is 0 Å². The van der Waals surface area contributed by atoms with Crippen molar-refractivity contribution in [3.8, 4) is 0 Å². The Hall–Kier alpha value is -1.41. The molecule has 0 spiro atoms. The van der Waals surface area contributed by atoms with E-state index in [9.17, 15) is 40.5 Å². The summed E-state index contributed by atoms with van der Waals surface area (Å²) in [6, 6.07) is -1.19. The van der Waals surface area contributed by atoms with Crippen molar-refractivity contribution in [2.75, 3.05) is 13.2 Å². The molecule has 11 nitrogen and oxygen atoms in total. The van der Waals surface area contributed by atoms with Crippen molar-refractivity contribution in [3.05, 3.63) is 24.3 Å². The number of allylic oxidation sites excluding steroid dienone is 4. The van der Waals surface area contributed by atoms with Gasteiger partial charge in [0.05, 0.1) is 25.4 Å². The van der Waals surface area contributed by atoms with Crippen LogP contribution in [0.2, 0.25) is 0 Å². The third-order valence-electron chi connectivity index (χ3n) is 18.0. The van der Waals surface area contributed by atoms with Gasteiger partial charge in [-0.15, -0.1) is 0 Å². The van der Waals surface area contributed by atoms with Crippen LogP contribution in [-0.2, 0) is 14.3 Å². The molecule has 1 heterocycles. The first kappa shape index (κ1) is 80.6. The van der Waals surface area contributed by atoms with Gasteiger partial charge in [0.15, 0.2) is 6.29 Å². The maximum Gasteiger partial charge on any atom is 0.249 e. The van der Waals surface area contributed by atoms with Gasteiger partial charge in [-0.3, -0.25) is 4.79 Å². The highest BCUT2D eigenvalue weighted by molar-refractivity contribution is 5.80. The molecule has 0 aliphatic carbocycles. The Morgan fingerprint density at radius 2 is 0.714 bits per heavy atom. The highest BCUT2D eigenvalue weighted by Gasteiger charge is 2.44. The first-order chi connectivity index (χ1) is 41.2. The number of hydrogen-bond donors (Lipinski definition) is 8. The van der Waals surface area contributed by atoms with E-state index < -0.39 is 74.2 Å². The molecule has 8 N–H and O–H groups in total. The van der Waals surface area contributed by atoms with E-state index in [1.165, 1.54) is 283 Å². The lowest BCUT2D eigenvalue weighted by Crippen LogP contribution is -2.60. The molecule has 1 saturated heterocycles. The van der Waals surface area contributed by atoms with Crippen LogP contribution in [0.15, 0.2) is 24.3 Å². The zero-order chi connectivity index (χ0) is 61.0. The Balaban J connectivity index is 2.12. The number of carbonyl (C=O) groups excluding carboxylic acids is 1. The highest BCUT2D eigenvalue weighted by Crippen LogP contribution is 2.24. The van der Waals surface area contributed by atoms with Gasteiger partial charge in [0.2, 0.25) is 5.91 Å². The fraction of sp³-hybridized carbons (Fsp3) is 0.932. The van der Waals surface area contributed by atoms with Gasteiger partial charge in [0, 0.05) is 0 Å². The molecule has 0 aromatic heterocycles. The van der Waals surface area contributed by atoms with Crippen LogP contribution in [0.4, 0.5) is 0 Å². The van der Waals surface area contributed by atoms with Gasteiger partial charge < -0.3 is 50.5 Å². The standard InChI is InChI=1S/C73H141NO10/c1-3-5-7-9-11-13-15-17-19-21-23-24-25-26-27-28-29-30-31-32-33-34-35-36-37-38-39-40-41-43-45-47-49-51-53-55-57-59-61-66(77)72(82)74-64(63-83-73-71(81)70(80)69(79)67(62-75)84-73)68(78)65(76)60-58-56-54-52-50-48-46-44-42-22-20-18-16-14-12-10-8-6-4-2/h44,46,52,54,64-71,73,75-81H,3-43,45,47-51,53,55-63H2,1-2H3,(H,74,82)/b46-44+,54-52+. The van der Waals surface area contributed by atoms with Crippen LogP contribution < -0.4 is 5.32 Å².